The van der Waals surface area contributed by atoms with E-state index in [0.29, 0.717) is 4.47 Å². The minimum Gasteiger partial charge on any atom is -0.465 e. The van der Waals surface area contributed by atoms with E-state index in [2.05, 4.69) is 26.0 Å². The van der Waals surface area contributed by atoms with Crippen molar-refractivity contribution in [2.75, 3.05) is 13.2 Å². The van der Waals surface area contributed by atoms with E-state index in [-0.39, 0.29) is 18.7 Å². The largest absolute Gasteiger partial charge is 0.465 e. The third-order valence-electron chi connectivity index (χ3n) is 1.82. The summed E-state index contributed by atoms with van der Waals surface area (Å²) < 4.78 is 18.1. The first-order chi connectivity index (χ1) is 8.02. The molecule has 0 heterocycles. The van der Waals surface area contributed by atoms with Gasteiger partial charge in [0.15, 0.2) is 0 Å². The van der Waals surface area contributed by atoms with Crippen LogP contribution in [0.4, 0.5) is 4.39 Å². The van der Waals surface area contributed by atoms with Crippen LogP contribution >= 0.6 is 15.9 Å². The monoisotopic (exact) mass is 303 g/mol. The van der Waals surface area contributed by atoms with Crippen molar-refractivity contribution in [1.29, 1.82) is 0 Å². The molecule has 0 aliphatic carbocycles. The van der Waals surface area contributed by atoms with Crippen molar-refractivity contribution in [1.82, 2.24) is 5.32 Å². The highest BCUT2D eigenvalue weighted by molar-refractivity contribution is 9.10. The van der Waals surface area contributed by atoms with Gasteiger partial charge in [-0.2, -0.15) is 0 Å². The Balaban J connectivity index is 2.61. The molecule has 1 aromatic rings. The molecular formula is C11H11BrFNO3. The molecular weight excluding hydrogens is 293 g/mol. The van der Waals surface area contributed by atoms with E-state index in [4.69, 9.17) is 0 Å². The van der Waals surface area contributed by atoms with Gasteiger partial charge in [-0.1, -0.05) is 15.9 Å². The zero-order valence-corrected chi connectivity index (χ0v) is 10.7. The maximum atomic E-state index is 13.0. The molecule has 1 amide bonds. The predicted octanol–water partition coefficient (Wildman–Crippen LogP) is 1.88. The van der Waals surface area contributed by atoms with Gasteiger partial charge in [0.1, 0.15) is 12.4 Å². The Labute approximate surface area is 106 Å². The molecule has 0 aromatic heterocycles. The summed E-state index contributed by atoms with van der Waals surface area (Å²) in [6.07, 6.45) is 0. The number of rotatable bonds is 4. The number of hydrogen-bond acceptors (Lipinski definition) is 3. The van der Waals surface area contributed by atoms with E-state index in [9.17, 15) is 14.0 Å². The summed E-state index contributed by atoms with van der Waals surface area (Å²) in [5.74, 6) is -1.59. The van der Waals surface area contributed by atoms with E-state index in [1.807, 2.05) is 0 Å². The second kappa shape index (κ2) is 6.34. The topological polar surface area (TPSA) is 55.4 Å². The highest BCUT2D eigenvalue weighted by Gasteiger charge is 2.10. The summed E-state index contributed by atoms with van der Waals surface area (Å²) in [7, 11) is 0. The molecule has 6 heteroatoms. The zero-order valence-electron chi connectivity index (χ0n) is 9.13. The maximum Gasteiger partial charge on any atom is 0.325 e. The number of amides is 1. The summed E-state index contributed by atoms with van der Waals surface area (Å²) in [6, 6.07) is 3.79. The molecule has 0 fully saturated rings. The van der Waals surface area contributed by atoms with Crippen LogP contribution in [0.25, 0.3) is 0 Å². The third-order valence-corrected chi connectivity index (χ3v) is 2.28. The van der Waals surface area contributed by atoms with Gasteiger partial charge in [-0.3, -0.25) is 9.59 Å². The van der Waals surface area contributed by atoms with Crippen LogP contribution in [-0.4, -0.2) is 25.0 Å². The summed E-state index contributed by atoms with van der Waals surface area (Å²) in [6.45, 7) is 1.68. The first kappa shape index (κ1) is 13.6. The number of halogens is 2. The third kappa shape index (κ3) is 4.52. The van der Waals surface area contributed by atoms with Gasteiger partial charge in [-0.25, -0.2) is 4.39 Å². The maximum absolute atomic E-state index is 13.0. The molecule has 0 saturated carbocycles. The number of benzene rings is 1. The minimum atomic E-state index is -0.531. The van der Waals surface area contributed by atoms with Gasteiger partial charge in [0, 0.05) is 10.0 Å². The highest BCUT2D eigenvalue weighted by atomic mass is 79.9. The SMILES string of the molecule is CCOC(=O)CNC(=O)c1cc(F)cc(Br)c1. The van der Waals surface area contributed by atoms with Crippen LogP contribution in [0, 0.1) is 5.82 Å². The second-order valence-corrected chi connectivity index (χ2v) is 4.06. The Bertz CT molecular complexity index is 416. The van der Waals surface area contributed by atoms with Gasteiger partial charge in [0.25, 0.3) is 5.91 Å². The van der Waals surface area contributed by atoms with Crippen LogP contribution in [0.3, 0.4) is 0 Å². The fraction of sp³-hybridized carbons (Fsp3) is 0.273. The number of ether oxygens (including phenoxy) is 1. The molecule has 0 aliphatic rings. The number of carbonyl (C=O) groups excluding carboxylic acids is 2. The Morgan fingerprint density at radius 2 is 2.12 bits per heavy atom. The van der Waals surface area contributed by atoms with E-state index < -0.39 is 17.7 Å². The van der Waals surface area contributed by atoms with E-state index in [1.54, 1.807) is 6.92 Å². The summed E-state index contributed by atoms with van der Waals surface area (Å²) in [5.41, 5.74) is 0.140. The highest BCUT2D eigenvalue weighted by Crippen LogP contribution is 2.14. The van der Waals surface area contributed by atoms with Gasteiger partial charge in [0.05, 0.1) is 6.61 Å². The summed E-state index contributed by atoms with van der Waals surface area (Å²) in [5, 5.41) is 2.34. The van der Waals surface area contributed by atoms with E-state index in [1.165, 1.54) is 12.1 Å². The molecule has 0 spiro atoms. The summed E-state index contributed by atoms with van der Waals surface area (Å²) in [4.78, 5) is 22.5. The molecule has 0 bridgehead atoms. The quantitative estimate of drug-likeness (QED) is 0.864. The molecule has 17 heavy (non-hydrogen) atoms. The summed E-state index contributed by atoms with van der Waals surface area (Å²) >= 11 is 3.07. The Morgan fingerprint density at radius 1 is 1.41 bits per heavy atom. The van der Waals surface area contributed by atoms with Gasteiger partial charge < -0.3 is 10.1 Å². The number of hydrogen-bond donors (Lipinski definition) is 1. The minimum absolute atomic E-state index is 0.140. The normalized spacial score (nSPS) is 9.82. The molecule has 0 saturated heterocycles. The molecule has 0 atom stereocenters. The van der Waals surface area contributed by atoms with Crippen LogP contribution in [0.1, 0.15) is 17.3 Å². The van der Waals surface area contributed by atoms with E-state index in [0.717, 1.165) is 6.07 Å². The first-order valence-electron chi connectivity index (χ1n) is 4.93. The lowest BCUT2D eigenvalue weighted by Crippen LogP contribution is -2.30. The molecule has 4 nitrogen and oxygen atoms in total. The standard InChI is InChI=1S/C11H11BrFNO3/c1-2-17-10(15)6-14-11(16)7-3-8(12)5-9(13)4-7/h3-5H,2,6H2,1H3,(H,14,16). The molecule has 0 aliphatic heterocycles. The fourth-order valence-corrected chi connectivity index (χ4v) is 1.62. The second-order valence-electron chi connectivity index (χ2n) is 3.15. The molecule has 0 radical (unpaired) electrons. The molecule has 1 rings (SSSR count). The van der Waals surface area contributed by atoms with Crippen molar-refractivity contribution in [3.63, 3.8) is 0 Å². The van der Waals surface area contributed by atoms with Crippen molar-refractivity contribution < 1.29 is 18.7 Å². The molecule has 0 unspecified atom stereocenters. The Hall–Kier alpha value is -1.43. The van der Waals surface area contributed by atoms with Crippen LogP contribution < -0.4 is 5.32 Å². The van der Waals surface area contributed by atoms with Gasteiger partial charge in [-0.15, -0.1) is 0 Å². The fourth-order valence-electron chi connectivity index (χ4n) is 1.15. The van der Waals surface area contributed by atoms with Crippen molar-refractivity contribution >= 4 is 27.8 Å². The lowest BCUT2D eigenvalue weighted by Gasteiger charge is -2.05. The lowest BCUT2D eigenvalue weighted by atomic mass is 10.2. The van der Waals surface area contributed by atoms with Gasteiger partial charge >= 0.3 is 5.97 Å². The molecule has 1 aromatic carbocycles. The lowest BCUT2D eigenvalue weighted by molar-refractivity contribution is -0.141. The zero-order chi connectivity index (χ0) is 12.8. The number of esters is 1. The van der Waals surface area contributed by atoms with E-state index >= 15 is 0 Å². The van der Waals surface area contributed by atoms with Crippen molar-refractivity contribution in [3.8, 4) is 0 Å². The molecule has 1 N–H and O–H groups in total. The first-order valence-corrected chi connectivity index (χ1v) is 5.72. The van der Waals surface area contributed by atoms with Crippen molar-refractivity contribution in [2.45, 2.75) is 6.92 Å². The predicted molar refractivity (Wildman–Crippen MR) is 63.1 cm³/mol. The van der Waals surface area contributed by atoms with Crippen LogP contribution in [-0.2, 0) is 9.53 Å². The Morgan fingerprint density at radius 3 is 2.71 bits per heavy atom. The molecule has 92 valence electrons. The van der Waals surface area contributed by atoms with Crippen LogP contribution in [0.2, 0.25) is 0 Å². The smallest absolute Gasteiger partial charge is 0.325 e. The average molecular weight is 304 g/mol. The van der Waals surface area contributed by atoms with Crippen LogP contribution in [0.15, 0.2) is 22.7 Å². The average Bonchev–Trinajstić information content (AvgIpc) is 2.25. The van der Waals surface area contributed by atoms with Crippen molar-refractivity contribution in [3.05, 3.63) is 34.1 Å². The number of carbonyl (C=O) groups is 2. The van der Waals surface area contributed by atoms with Gasteiger partial charge in [0.2, 0.25) is 0 Å². The van der Waals surface area contributed by atoms with Gasteiger partial charge in [-0.05, 0) is 25.1 Å². The Kier molecular flexibility index (Phi) is 5.09. The number of nitrogens with one attached hydrogen (secondary N) is 1. The van der Waals surface area contributed by atoms with Crippen LogP contribution in [0.5, 0.6) is 0 Å². The van der Waals surface area contributed by atoms with Crippen molar-refractivity contribution in [2.24, 2.45) is 0 Å².